The van der Waals surface area contributed by atoms with Crippen LogP contribution in [0.25, 0.3) is 0 Å². The van der Waals surface area contributed by atoms with E-state index in [2.05, 4.69) is 5.32 Å². The predicted molar refractivity (Wildman–Crippen MR) is 75.8 cm³/mol. The number of amidine groups is 1. The summed E-state index contributed by atoms with van der Waals surface area (Å²) in [5.74, 6) is -0.365. The summed E-state index contributed by atoms with van der Waals surface area (Å²) in [7, 11) is 0. The molecule has 0 aliphatic carbocycles. The summed E-state index contributed by atoms with van der Waals surface area (Å²) >= 11 is 1.51. The van der Waals surface area contributed by atoms with Crippen molar-refractivity contribution >= 4 is 38.0 Å². The van der Waals surface area contributed by atoms with Crippen molar-refractivity contribution in [2.75, 3.05) is 0 Å². The van der Waals surface area contributed by atoms with Crippen LogP contribution in [0.3, 0.4) is 0 Å². The van der Waals surface area contributed by atoms with E-state index in [1.54, 1.807) is 6.07 Å². The molecule has 1 aliphatic heterocycles. The van der Waals surface area contributed by atoms with Gasteiger partial charge in [-0.05, 0) is 23.6 Å². The smallest absolute Gasteiger partial charge is 0.259 e. The summed E-state index contributed by atoms with van der Waals surface area (Å²) in [5, 5.41) is 10.4. The van der Waals surface area contributed by atoms with Crippen LogP contribution in [0.5, 0.6) is 0 Å². The van der Waals surface area contributed by atoms with E-state index in [0.717, 1.165) is 11.1 Å². The number of halogens is 1. The third-order valence-corrected chi connectivity index (χ3v) is 3.52. The van der Waals surface area contributed by atoms with Gasteiger partial charge in [0, 0.05) is 34.7 Å². The molecule has 0 saturated heterocycles. The van der Waals surface area contributed by atoms with Crippen LogP contribution < -0.4 is 11.1 Å². The van der Waals surface area contributed by atoms with Crippen LogP contribution >= 0.6 is 22.6 Å². The van der Waals surface area contributed by atoms with Gasteiger partial charge >= 0.3 is 0 Å². The van der Waals surface area contributed by atoms with Crippen LogP contribution in [0.1, 0.15) is 16.7 Å². The Kier molecular flexibility index (Phi) is 3.76. The number of rotatable bonds is 3. The first-order valence-corrected chi connectivity index (χ1v) is 6.50. The second-order valence-electron chi connectivity index (χ2n) is 4.17. The second-order valence-corrected chi connectivity index (χ2v) is 5.15. The van der Waals surface area contributed by atoms with E-state index in [4.69, 9.17) is 11.1 Å². The van der Waals surface area contributed by atoms with Gasteiger partial charge in [-0.1, -0.05) is 12.1 Å². The molecule has 18 heavy (non-hydrogen) atoms. The highest BCUT2D eigenvalue weighted by atomic mass is 127. The van der Waals surface area contributed by atoms with E-state index in [-0.39, 0.29) is 5.84 Å². The summed E-state index contributed by atoms with van der Waals surface area (Å²) in [6.45, 7) is 0.511. The lowest BCUT2D eigenvalue weighted by Gasteiger charge is -2.24. The molecule has 0 fully saturated rings. The molecule has 1 heterocycles. The Morgan fingerprint density at radius 3 is 2.72 bits per heavy atom. The maximum absolute atomic E-state index is 11.6. The molecule has 5 nitrogen and oxygen atoms in total. The minimum Gasteiger partial charge on any atom is -0.384 e. The van der Waals surface area contributed by atoms with Crippen molar-refractivity contribution in [3.63, 3.8) is 0 Å². The maximum Gasteiger partial charge on any atom is 0.259 e. The Bertz CT molecular complexity index is 542. The van der Waals surface area contributed by atoms with Gasteiger partial charge in [-0.25, -0.2) is 0 Å². The Morgan fingerprint density at radius 2 is 2.11 bits per heavy atom. The van der Waals surface area contributed by atoms with Crippen molar-refractivity contribution in [3.8, 4) is 0 Å². The molecule has 1 aliphatic rings. The monoisotopic (exact) mass is 357 g/mol. The summed E-state index contributed by atoms with van der Waals surface area (Å²) in [5.41, 5.74) is 8.14. The molecule has 4 N–H and O–H groups in total. The molecule has 6 heteroatoms. The molecule has 1 atom stereocenters. The van der Waals surface area contributed by atoms with Crippen LogP contribution in [-0.2, 0) is 22.6 Å². The largest absolute Gasteiger partial charge is 0.384 e. The van der Waals surface area contributed by atoms with Crippen molar-refractivity contribution in [1.29, 1.82) is 5.41 Å². The highest BCUT2D eigenvalue weighted by Crippen LogP contribution is 2.19. The zero-order valence-corrected chi connectivity index (χ0v) is 11.7. The molecule has 0 unspecified atom stereocenters. The van der Waals surface area contributed by atoms with Crippen LogP contribution in [0.15, 0.2) is 18.2 Å². The molecule has 0 radical (unpaired) electrons. The lowest BCUT2D eigenvalue weighted by molar-refractivity contribution is -0.132. The van der Waals surface area contributed by atoms with Crippen LogP contribution in [0, 0.1) is 5.41 Å². The van der Waals surface area contributed by atoms with Crippen molar-refractivity contribution < 1.29 is 9.59 Å². The maximum atomic E-state index is 11.6. The highest BCUT2D eigenvalue weighted by Gasteiger charge is 2.27. The Labute approximate surface area is 118 Å². The van der Waals surface area contributed by atoms with E-state index in [0.29, 0.717) is 18.5 Å². The standard InChI is InChI=1S/C12H12IN3O2/c13-11(18)10(17)9-4-6-1-2-7(12(14)15)3-8(6)5-16-9/h1-3,9,16H,4-5H2,(H3,14,15)/t9-/m0/s1. The van der Waals surface area contributed by atoms with Gasteiger partial charge in [0.05, 0.1) is 6.04 Å². The number of hydrogen-bond donors (Lipinski definition) is 3. The van der Waals surface area contributed by atoms with Gasteiger partial charge in [0.1, 0.15) is 5.84 Å². The fraction of sp³-hybridized carbons (Fsp3) is 0.250. The second kappa shape index (κ2) is 5.15. The number of Topliss-reactive ketones (excluding diaryl/α,β-unsaturated/α-hetero) is 1. The van der Waals surface area contributed by atoms with Crippen LogP contribution in [-0.4, -0.2) is 21.5 Å². The molecular formula is C12H12IN3O2. The van der Waals surface area contributed by atoms with Gasteiger partial charge in [-0.2, -0.15) is 0 Å². The van der Waals surface area contributed by atoms with Gasteiger partial charge in [0.25, 0.3) is 3.79 Å². The zero-order chi connectivity index (χ0) is 13.3. The summed E-state index contributed by atoms with van der Waals surface area (Å²) < 4.78 is -0.450. The number of ketones is 1. The number of carbonyl (C=O) groups is 2. The number of benzene rings is 1. The third kappa shape index (κ3) is 2.59. The third-order valence-electron chi connectivity index (χ3n) is 2.99. The average Bonchev–Trinajstić information content (AvgIpc) is 2.36. The van der Waals surface area contributed by atoms with Gasteiger partial charge in [0.2, 0.25) is 5.78 Å². The first-order chi connectivity index (χ1) is 8.49. The fourth-order valence-corrected chi connectivity index (χ4v) is 2.38. The first-order valence-electron chi connectivity index (χ1n) is 5.42. The van der Waals surface area contributed by atoms with Gasteiger partial charge in [-0.3, -0.25) is 15.0 Å². The van der Waals surface area contributed by atoms with E-state index < -0.39 is 15.6 Å². The molecule has 2 rings (SSSR count). The molecule has 0 amide bonds. The van der Waals surface area contributed by atoms with Crippen LogP contribution in [0.4, 0.5) is 0 Å². The number of fused-ring (bicyclic) bond motifs is 1. The fourth-order valence-electron chi connectivity index (χ4n) is 2.00. The quantitative estimate of drug-likeness (QED) is 0.242. The molecule has 1 aromatic rings. The minimum absolute atomic E-state index is 0.0263. The van der Waals surface area contributed by atoms with E-state index in [1.807, 2.05) is 12.1 Å². The van der Waals surface area contributed by atoms with E-state index in [9.17, 15) is 9.59 Å². The average molecular weight is 357 g/mol. The normalized spacial score (nSPS) is 17.9. The molecule has 94 valence electrons. The number of nitrogens with two attached hydrogens (primary N) is 1. The van der Waals surface area contributed by atoms with Crippen molar-refractivity contribution in [2.45, 2.75) is 19.0 Å². The Balaban J connectivity index is 2.23. The minimum atomic E-state index is -0.450. The van der Waals surface area contributed by atoms with Crippen molar-refractivity contribution in [1.82, 2.24) is 5.32 Å². The van der Waals surface area contributed by atoms with Gasteiger partial charge in [-0.15, -0.1) is 0 Å². The van der Waals surface area contributed by atoms with E-state index >= 15 is 0 Å². The van der Waals surface area contributed by atoms with Gasteiger partial charge < -0.3 is 11.1 Å². The Morgan fingerprint density at radius 1 is 1.39 bits per heavy atom. The molecule has 0 spiro atoms. The predicted octanol–water partition coefficient (Wildman–Crippen LogP) is 0.516. The molecule has 1 aromatic carbocycles. The molecule has 0 aromatic heterocycles. The zero-order valence-electron chi connectivity index (χ0n) is 9.50. The number of hydrogen-bond acceptors (Lipinski definition) is 4. The highest BCUT2D eigenvalue weighted by molar-refractivity contribution is 14.1. The summed E-state index contributed by atoms with van der Waals surface area (Å²) in [6, 6.07) is 5.03. The van der Waals surface area contributed by atoms with E-state index in [1.165, 1.54) is 22.6 Å². The number of nitrogen functional groups attached to an aromatic ring is 1. The topological polar surface area (TPSA) is 96.0 Å². The van der Waals surface area contributed by atoms with Crippen LogP contribution in [0.2, 0.25) is 0 Å². The van der Waals surface area contributed by atoms with Gasteiger partial charge in [0.15, 0.2) is 0 Å². The summed E-state index contributed by atoms with van der Waals surface area (Å²) in [4.78, 5) is 22.7. The molecule has 0 bridgehead atoms. The Hall–Kier alpha value is -1.28. The molecular weight excluding hydrogens is 345 g/mol. The lowest BCUT2D eigenvalue weighted by atomic mass is 9.92. The number of nitrogens with one attached hydrogen (secondary N) is 2. The first kappa shape index (κ1) is 13.2. The number of carbonyl (C=O) groups excluding carboxylic acids is 2. The lowest BCUT2D eigenvalue weighted by Crippen LogP contribution is -2.43. The van der Waals surface area contributed by atoms with Crippen molar-refractivity contribution in [3.05, 3.63) is 34.9 Å². The summed E-state index contributed by atoms with van der Waals surface area (Å²) in [6.07, 6.45) is 0.501. The molecule has 0 saturated carbocycles. The SMILES string of the molecule is N=C(N)c1ccc2c(c1)CN[C@H](C(=O)C(=O)I)C2. The van der Waals surface area contributed by atoms with Crippen molar-refractivity contribution in [2.24, 2.45) is 5.73 Å².